The van der Waals surface area contributed by atoms with Gasteiger partial charge < -0.3 is 14.9 Å². The maximum Gasteiger partial charge on any atom is 0.223 e. The van der Waals surface area contributed by atoms with Crippen molar-refractivity contribution in [2.24, 2.45) is 0 Å². The molecule has 1 heterocycles. The first-order valence-electron chi connectivity index (χ1n) is 5.46. The number of nitrogens with zero attached hydrogens (tertiary/aromatic N) is 2. The summed E-state index contributed by atoms with van der Waals surface area (Å²) in [6.07, 6.45) is 3.99. The molecular formula is C10H17N3O2. The van der Waals surface area contributed by atoms with Gasteiger partial charge in [-0.15, -0.1) is 0 Å². The lowest BCUT2D eigenvalue weighted by Crippen LogP contribution is -2.41. The summed E-state index contributed by atoms with van der Waals surface area (Å²) in [6.45, 7) is 2.34. The van der Waals surface area contributed by atoms with Crippen LogP contribution in [0, 0.1) is 6.92 Å². The lowest BCUT2D eigenvalue weighted by atomic mass is 9.93. The van der Waals surface area contributed by atoms with Gasteiger partial charge in [0, 0.05) is 13.0 Å². The first-order chi connectivity index (χ1) is 7.25. The number of hydrogen-bond donors (Lipinski definition) is 2. The van der Waals surface area contributed by atoms with E-state index in [9.17, 15) is 5.11 Å². The Morgan fingerprint density at radius 1 is 1.47 bits per heavy atom. The highest BCUT2D eigenvalue weighted by molar-refractivity contribution is 4.86. The molecule has 1 aromatic rings. The summed E-state index contributed by atoms with van der Waals surface area (Å²) in [5, 5.41) is 16.8. The predicted molar refractivity (Wildman–Crippen MR) is 54.1 cm³/mol. The molecule has 1 aliphatic rings. The first kappa shape index (κ1) is 10.6. The van der Waals surface area contributed by atoms with E-state index in [0.717, 1.165) is 19.3 Å². The number of rotatable bonds is 3. The molecule has 1 fully saturated rings. The van der Waals surface area contributed by atoms with Crippen molar-refractivity contribution in [2.45, 2.75) is 51.3 Å². The van der Waals surface area contributed by atoms with Gasteiger partial charge in [0.1, 0.15) is 0 Å². The van der Waals surface area contributed by atoms with Crippen LogP contribution in [0.1, 0.15) is 37.4 Å². The molecule has 5 nitrogen and oxygen atoms in total. The third-order valence-electron chi connectivity index (χ3n) is 2.82. The van der Waals surface area contributed by atoms with E-state index in [1.165, 1.54) is 6.42 Å². The van der Waals surface area contributed by atoms with Crippen LogP contribution in [0.3, 0.4) is 0 Å². The second-order valence-corrected chi connectivity index (χ2v) is 4.07. The van der Waals surface area contributed by atoms with Crippen molar-refractivity contribution >= 4 is 0 Å². The van der Waals surface area contributed by atoms with Gasteiger partial charge in [0.05, 0.1) is 12.6 Å². The van der Waals surface area contributed by atoms with Gasteiger partial charge in [-0.25, -0.2) is 0 Å². The molecule has 0 spiro atoms. The maximum atomic E-state index is 9.73. The van der Waals surface area contributed by atoms with Gasteiger partial charge in [0.25, 0.3) is 0 Å². The van der Waals surface area contributed by atoms with Crippen molar-refractivity contribution in [3.8, 4) is 0 Å². The molecule has 0 radical (unpaired) electrons. The fourth-order valence-electron chi connectivity index (χ4n) is 1.98. The fraction of sp³-hybridized carbons (Fsp3) is 0.800. The predicted octanol–water partition coefficient (Wildman–Crippen LogP) is 0.771. The smallest absolute Gasteiger partial charge is 0.223 e. The SMILES string of the molecule is Cc1nc(CN[C@H]2CCCC[C@@H]2O)no1. The minimum Gasteiger partial charge on any atom is -0.392 e. The molecule has 1 aromatic heterocycles. The van der Waals surface area contributed by atoms with Crippen LogP contribution >= 0.6 is 0 Å². The van der Waals surface area contributed by atoms with Crippen LogP contribution in [0.15, 0.2) is 4.52 Å². The molecule has 0 saturated heterocycles. The Hall–Kier alpha value is -0.940. The lowest BCUT2D eigenvalue weighted by Gasteiger charge is -2.27. The number of nitrogens with one attached hydrogen (secondary N) is 1. The molecule has 0 aliphatic heterocycles. The molecule has 1 aliphatic carbocycles. The molecule has 2 rings (SSSR count). The van der Waals surface area contributed by atoms with Crippen molar-refractivity contribution in [3.05, 3.63) is 11.7 Å². The van der Waals surface area contributed by atoms with Crippen molar-refractivity contribution in [1.29, 1.82) is 0 Å². The standard InChI is InChI=1S/C10H17N3O2/c1-7-12-10(13-15-7)6-11-8-4-2-3-5-9(8)14/h8-9,11,14H,2-6H2,1H3/t8-,9-/m0/s1. The van der Waals surface area contributed by atoms with Crippen molar-refractivity contribution < 1.29 is 9.63 Å². The second-order valence-electron chi connectivity index (χ2n) is 4.07. The number of aliphatic hydroxyl groups excluding tert-OH is 1. The summed E-state index contributed by atoms with van der Waals surface area (Å²) in [4.78, 5) is 4.10. The fourth-order valence-corrected chi connectivity index (χ4v) is 1.98. The number of aryl methyl sites for hydroxylation is 1. The van der Waals surface area contributed by atoms with E-state index < -0.39 is 0 Å². The minimum absolute atomic E-state index is 0.178. The molecule has 5 heteroatoms. The van der Waals surface area contributed by atoms with Crippen LogP contribution in [0.4, 0.5) is 0 Å². The van der Waals surface area contributed by atoms with Crippen LogP contribution in [0.25, 0.3) is 0 Å². The van der Waals surface area contributed by atoms with E-state index in [1.807, 2.05) is 0 Å². The van der Waals surface area contributed by atoms with Crippen LogP contribution < -0.4 is 5.32 Å². The van der Waals surface area contributed by atoms with Crippen LogP contribution in [0.2, 0.25) is 0 Å². The van der Waals surface area contributed by atoms with E-state index in [4.69, 9.17) is 4.52 Å². The summed E-state index contributed by atoms with van der Waals surface area (Å²) in [6, 6.07) is 0.178. The van der Waals surface area contributed by atoms with Gasteiger partial charge >= 0.3 is 0 Å². The maximum absolute atomic E-state index is 9.73. The first-order valence-corrected chi connectivity index (χ1v) is 5.46. The number of aromatic nitrogens is 2. The average Bonchev–Trinajstić information content (AvgIpc) is 2.63. The Labute approximate surface area is 88.9 Å². The van der Waals surface area contributed by atoms with Gasteiger partial charge in [-0.2, -0.15) is 4.98 Å². The molecule has 0 aromatic carbocycles. The third kappa shape index (κ3) is 2.76. The van der Waals surface area contributed by atoms with Gasteiger partial charge in [-0.05, 0) is 12.8 Å². The zero-order chi connectivity index (χ0) is 10.7. The van der Waals surface area contributed by atoms with E-state index >= 15 is 0 Å². The molecule has 0 bridgehead atoms. The molecular weight excluding hydrogens is 194 g/mol. The van der Waals surface area contributed by atoms with Gasteiger partial charge in [0.2, 0.25) is 5.89 Å². The Bertz CT molecular complexity index is 313. The normalized spacial score (nSPS) is 26.8. The minimum atomic E-state index is -0.230. The highest BCUT2D eigenvalue weighted by atomic mass is 16.5. The Morgan fingerprint density at radius 3 is 2.93 bits per heavy atom. The number of hydrogen-bond acceptors (Lipinski definition) is 5. The van der Waals surface area contributed by atoms with E-state index in [-0.39, 0.29) is 12.1 Å². The van der Waals surface area contributed by atoms with Crippen molar-refractivity contribution in [2.75, 3.05) is 0 Å². The monoisotopic (exact) mass is 211 g/mol. The summed E-state index contributed by atoms with van der Waals surface area (Å²) in [7, 11) is 0. The topological polar surface area (TPSA) is 71.2 Å². The molecule has 0 amide bonds. The van der Waals surface area contributed by atoms with Crippen molar-refractivity contribution in [3.63, 3.8) is 0 Å². The van der Waals surface area contributed by atoms with E-state index in [2.05, 4.69) is 15.5 Å². The zero-order valence-corrected chi connectivity index (χ0v) is 8.94. The summed E-state index contributed by atoms with van der Waals surface area (Å²) < 4.78 is 4.87. The lowest BCUT2D eigenvalue weighted by molar-refractivity contribution is 0.0898. The Morgan fingerprint density at radius 2 is 2.27 bits per heavy atom. The molecule has 2 N–H and O–H groups in total. The summed E-state index contributed by atoms with van der Waals surface area (Å²) >= 11 is 0. The van der Waals surface area contributed by atoms with E-state index in [0.29, 0.717) is 18.3 Å². The van der Waals surface area contributed by atoms with Gasteiger partial charge in [-0.1, -0.05) is 18.0 Å². The summed E-state index contributed by atoms with van der Waals surface area (Å²) in [5.74, 6) is 1.24. The van der Waals surface area contributed by atoms with Crippen LogP contribution in [0.5, 0.6) is 0 Å². The van der Waals surface area contributed by atoms with Crippen LogP contribution in [-0.4, -0.2) is 27.4 Å². The average molecular weight is 211 g/mol. The Balaban J connectivity index is 1.81. The third-order valence-corrected chi connectivity index (χ3v) is 2.82. The molecule has 15 heavy (non-hydrogen) atoms. The number of aliphatic hydroxyl groups is 1. The van der Waals surface area contributed by atoms with E-state index in [1.54, 1.807) is 6.92 Å². The molecule has 84 valence electrons. The second kappa shape index (κ2) is 4.72. The highest BCUT2D eigenvalue weighted by Gasteiger charge is 2.22. The molecule has 0 unspecified atom stereocenters. The molecule has 1 saturated carbocycles. The molecule has 2 atom stereocenters. The Kier molecular flexibility index (Phi) is 3.33. The highest BCUT2D eigenvalue weighted by Crippen LogP contribution is 2.18. The van der Waals surface area contributed by atoms with Gasteiger partial charge in [-0.3, -0.25) is 0 Å². The van der Waals surface area contributed by atoms with Crippen molar-refractivity contribution in [1.82, 2.24) is 15.5 Å². The van der Waals surface area contributed by atoms with Gasteiger partial charge in [0.15, 0.2) is 5.82 Å². The largest absolute Gasteiger partial charge is 0.392 e. The summed E-state index contributed by atoms with van der Waals surface area (Å²) in [5.41, 5.74) is 0. The zero-order valence-electron chi connectivity index (χ0n) is 8.94. The van der Waals surface area contributed by atoms with Crippen LogP contribution in [-0.2, 0) is 6.54 Å². The quantitative estimate of drug-likeness (QED) is 0.772.